The van der Waals surface area contributed by atoms with E-state index in [1.165, 1.54) is 19.3 Å². The van der Waals surface area contributed by atoms with Crippen molar-refractivity contribution < 1.29 is 13.6 Å². The molecule has 0 radical (unpaired) electrons. The second kappa shape index (κ2) is 7.71. The fourth-order valence-corrected chi connectivity index (χ4v) is 2.72. The molecule has 0 unspecified atom stereocenters. The quantitative estimate of drug-likeness (QED) is 0.668. The Morgan fingerprint density at radius 2 is 1.86 bits per heavy atom. The molecule has 2 rings (SSSR count). The van der Waals surface area contributed by atoms with Crippen molar-refractivity contribution in [2.45, 2.75) is 25.7 Å². The lowest BCUT2D eigenvalue weighted by atomic mass is 10.1. The van der Waals surface area contributed by atoms with E-state index >= 15 is 0 Å². The highest BCUT2D eigenvalue weighted by Crippen LogP contribution is 2.19. The fourth-order valence-electron chi connectivity index (χ4n) is 2.48. The summed E-state index contributed by atoms with van der Waals surface area (Å²) >= 11 is 5.76. The van der Waals surface area contributed by atoms with Gasteiger partial charge in [-0.2, -0.15) is 0 Å². The first kappa shape index (κ1) is 16.2. The monoisotopic (exact) mass is 316 g/mol. The summed E-state index contributed by atoms with van der Waals surface area (Å²) in [6, 6.07) is 1.65. The molecule has 1 heterocycles. The number of carbonyl (C=O) groups excluding carboxylic acids is 1. The Morgan fingerprint density at radius 3 is 2.57 bits per heavy atom. The Labute approximate surface area is 128 Å². The third-order valence-corrected chi connectivity index (χ3v) is 3.95. The van der Waals surface area contributed by atoms with Crippen LogP contribution in [0, 0.1) is 11.6 Å². The highest BCUT2D eigenvalue weighted by Gasteiger charge is 2.15. The average Bonchev–Trinajstić information content (AvgIpc) is 2.48. The van der Waals surface area contributed by atoms with E-state index in [-0.39, 0.29) is 10.6 Å². The molecule has 21 heavy (non-hydrogen) atoms. The van der Waals surface area contributed by atoms with Gasteiger partial charge >= 0.3 is 0 Å². The van der Waals surface area contributed by atoms with Crippen molar-refractivity contribution in [3.05, 3.63) is 34.4 Å². The molecule has 1 N–H and O–H groups in total. The maximum atomic E-state index is 13.1. The summed E-state index contributed by atoms with van der Waals surface area (Å²) in [5.74, 6) is -2.60. The molecule has 0 saturated carbocycles. The van der Waals surface area contributed by atoms with Crippen molar-refractivity contribution in [3.8, 4) is 0 Å². The van der Waals surface area contributed by atoms with E-state index in [0.717, 1.165) is 38.2 Å². The molecule has 1 amide bonds. The van der Waals surface area contributed by atoms with Crippen LogP contribution < -0.4 is 5.32 Å². The van der Waals surface area contributed by atoms with E-state index in [1.54, 1.807) is 0 Å². The summed E-state index contributed by atoms with van der Waals surface area (Å²) in [5, 5.41) is 2.61. The average molecular weight is 317 g/mol. The van der Waals surface area contributed by atoms with Gasteiger partial charge < -0.3 is 10.2 Å². The molecule has 0 bridgehead atoms. The molecule has 116 valence electrons. The molecular formula is C15H19ClF2N2O. The van der Waals surface area contributed by atoms with Gasteiger partial charge in [0.05, 0.1) is 10.6 Å². The minimum absolute atomic E-state index is 0.0338. The molecule has 1 saturated heterocycles. The van der Waals surface area contributed by atoms with Crippen molar-refractivity contribution >= 4 is 17.5 Å². The van der Waals surface area contributed by atoms with E-state index in [9.17, 15) is 13.6 Å². The van der Waals surface area contributed by atoms with Gasteiger partial charge in [-0.1, -0.05) is 18.0 Å². The Balaban J connectivity index is 1.78. The lowest BCUT2D eigenvalue weighted by Gasteiger charge is -2.26. The molecule has 6 heteroatoms. The Morgan fingerprint density at radius 1 is 1.19 bits per heavy atom. The van der Waals surface area contributed by atoms with E-state index in [2.05, 4.69) is 10.2 Å². The van der Waals surface area contributed by atoms with E-state index < -0.39 is 17.5 Å². The summed E-state index contributed by atoms with van der Waals surface area (Å²) in [5.41, 5.74) is -0.0338. The minimum Gasteiger partial charge on any atom is -0.352 e. The van der Waals surface area contributed by atoms with Crippen LogP contribution in [-0.4, -0.2) is 37.0 Å². The van der Waals surface area contributed by atoms with Gasteiger partial charge in [0.1, 0.15) is 0 Å². The molecule has 1 aromatic carbocycles. The first-order chi connectivity index (χ1) is 10.1. The summed E-state index contributed by atoms with van der Waals surface area (Å²) < 4.78 is 26.1. The predicted molar refractivity (Wildman–Crippen MR) is 78.6 cm³/mol. The lowest BCUT2D eigenvalue weighted by molar-refractivity contribution is 0.0950. The number of nitrogens with one attached hydrogen (secondary N) is 1. The number of nitrogens with zero attached hydrogens (tertiary/aromatic N) is 1. The van der Waals surface area contributed by atoms with Crippen LogP contribution in [0.1, 0.15) is 36.0 Å². The van der Waals surface area contributed by atoms with Crippen LogP contribution in [0.15, 0.2) is 12.1 Å². The fraction of sp³-hybridized carbons (Fsp3) is 0.533. The van der Waals surface area contributed by atoms with Gasteiger partial charge in [-0.3, -0.25) is 4.79 Å². The van der Waals surface area contributed by atoms with Gasteiger partial charge in [0, 0.05) is 6.54 Å². The number of halogens is 3. The Kier molecular flexibility index (Phi) is 5.94. The van der Waals surface area contributed by atoms with E-state index in [4.69, 9.17) is 11.6 Å². The smallest absolute Gasteiger partial charge is 0.252 e. The van der Waals surface area contributed by atoms with Crippen molar-refractivity contribution in [2.75, 3.05) is 26.2 Å². The third kappa shape index (κ3) is 4.64. The number of rotatable bonds is 5. The molecule has 0 spiro atoms. The first-order valence-electron chi connectivity index (χ1n) is 7.23. The second-order valence-electron chi connectivity index (χ2n) is 5.26. The number of hydrogen-bond donors (Lipinski definition) is 1. The van der Waals surface area contributed by atoms with Crippen molar-refractivity contribution in [2.24, 2.45) is 0 Å². The summed E-state index contributed by atoms with van der Waals surface area (Å²) in [7, 11) is 0. The molecule has 1 aromatic rings. The molecule has 1 aliphatic heterocycles. The predicted octanol–water partition coefficient (Wildman–Crippen LogP) is 3.22. The zero-order chi connectivity index (χ0) is 15.2. The molecular weight excluding hydrogens is 298 g/mol. The molecule has 0 atom stereocenters. The third-order valence-electron chi connectivity index (χ3n) is 3.64. The summed E-state index contributed by atoms with van der Waals surface area (Å²) in [6.45, 7) is 3.66. The van der Waals surface area contributed by atoms with Gasteiger partial charge in [0.25, 0.3) is 5.91 Å². The zero-order valence-electron chi connectivity index (χ0n) is 11.8. The van der Waals surface area contributed by atoms with Crippen LogP contribution in [0.2, 0.25) is 5.02 Å². The van der Waals surface area contributed by atoms with Gasteiger partial charge in [-0.05, 0) is 51.0 Å². The Hall–Kier alpha value is -1.20. The van der Waals surface area contributed by atoms with Crippen LogP contribution in [0.4, 0.5) is 8.78 Å². The van der Waals surface area contributed by atoms with E-state index in [1.807, 2.05) is 0 Å². The molecule has 1 aliphatic rings. The van der Waals surface area contributed by atoms with Crippen LogP contribution in [0.25, 0.3) is 0 Å². The molecule has 0 aromatic heterocycles. The summed E-state index contributed by atoms with van der Waals surface area (Å²) in [6.07, 6.45) is 4.59. The van der Waals surface area contributed by atoms with Crippen LogP contribution in [0.3, 0.4) is 0 Å². The SMILES string of the molecule is O=C(NCCCN1CCCCC1)c1cc(F)c(F)cc1Cl. The molecule has 3 nitrogen and oxygen atoms in total. The maximum absolute atomic E-state index is 13.1. The zero-order valence-corrected chi connectivity index (χ0v) is 12.6. The highest BCUT2D eigenvalue weighted by molar-refractivity contribution is 6.33. The van der Waals surface area contributed by atoms with Crippen molar-refractivity contribution in [3.63, 3.8) is 0 Å². The van der Waals surface area contributed by atoms with Gasteiger partial charge in [0.2, 0.25) is 0 Å². The van der Waals surface area contributed by atoms with Crippen LogP contribution in [0.5, 0.6) is 0 Å². The van der Waals surface area contributed by atoms with Gasteiger partial charge in [-0.15, -0.1) is 0 Å². The number of piperidine rings is 1. The first-order valence-corrected chi connectivity index (χ1v) is 7.61. The Bertz CT molecular complexity index is 505. The normalized spacial score (nSPS) is 16.0. The standard InChI is InChI=1S/C15H19ClF2N2O/c16-12-10-14(18)13(17)9-11(12)15(21)19-5-4-8-20-6-2-1-3-7-20/h9-10H,1-8H2,(H,19,21). The molecule has 0 aliphatic carbocycles. The van der Waals surface area contributed by atoms with Crippen LogP contribution in [-0.2, 0) is 0 Å². The number of hydrogen-bond acceptors (Lipinski definition) is 2. The number of amides is 1. The van der Waals surface area contributed by atoms with E-state index in [0.29, 0.717) is 6.54 Å². The van der Waals surface area contributed by atoms with Gasteiger partial charge in [-0.25, -0.2) is 8.78 Å². The largest absolute Gasteiger partial charge is 0.352 e. The maximum Gasteiger partial charge on any atom is 0.252 e. The van der Waals surface area contributed by atoms with Crippen LogP contribution >= 0.6 is 11.6 Å². The minimum atomic E-state index is -1.07. The number of benzene rings is 1. The van der Waals surface area contributed by atoms with Crippen molar-refractivity contribution in [1.82, 2.24) is 10.2 Å². The molecule has 1 fully saturated rings. The lowest BCUT2D eigenvalue weighted by Crippen LogP contribution is -2.33. The summed E-state index contributed by atoms with van der Waals surface area (Å²) in [4.78, 5) is 14.3. The number of carbonyl (C=O) groups is 1. The van der Waals surface area contributed by atoms with Gasteiger partial charge in [0.15, 0.2) is 11.6 Å². The topological polar surface area (TPSA) is 32.3 Å². The second-order valence-corrected chi connectivity index (χ2v) is 5.67. The highest BCUT2D eigenvalue weighted by atomic mass is 35.5. The van der Waals surface area contributed by atoms with Crippen molar-refractivity contribution in [1.29, 1.82) is 0 Å². The number of likely N-dealkylation sites (tertiary alicyclic amines) is 1.